The van der Waals surface area contributed by atoms with E-state index in [1.807, 2.05) is 35.3 Å². The molecule has 2 aromatic rings. The second kappa shape index (κ2) is 3.44. The maximum absolute atomic E-state index is 4.33. The van der Waals surface area contributed by atoms with Gasteiger partial charge < -0.3 is 4.57 Å². The van der Waals surface area contributed by atoms with Crippen LogP contribution in [-0.2, 0) is 6.42 Å². The lowest BCUT2D eigenvalue weighted by molar-refractivity contribution is 0.997. The van der Waals surface area contributed by atoms with E-state index in [-0.39, 0.29) is 0 Å². The van der Waals surface area contributed by atoms with Crippen molar-refractivity contribution in [3.63, 3.8) is 0 Å². The van der Waals surface area contributed by atoms with E-state index in [0.29, 0.717) is 0 Å². The molecular weight excluding hydrogens is 160 g/mol. The highest BCUT2D eigenvalue weighted by Gasteiger charge is 1.94. The molecule has 0 aromatic carbocycles. The third kappa shape index (κ3) is 1.61. The predicted molar refractivity (Wildman–Crippen MR) is 52.9 cm³/mol. The summed E-state index contributed by atoms with van der Waals surface area (Å²) in [5, 5.41) is 0. The third-order valence-electron chi connectivity index (χ3n) is 2.07. The minimum atomic E-state index is 0.992. The average Bonchev–Trinajstić information content (AvgIpc) is 2.71. The van der Waals surface area contributed by atoms with E-state index < -0.39 is 0 Å². The monoisotopic (exact) mass is 172 g/mol. The van der Waals surface area contributed by atoms with E-state index in [1.54, 1.807) is 0 Å². The van der Waals surface area contributed by atoms with Crippen LogP contribution in [0.3, 0.4) is 0 Å². The van der Waals surface area contributed by atoms with Crippen LogP contribution in [0.1, 0.15) is 12.6 Å². The fourth-order valence-electron chi connectivity index (χ4n) is 1.29. The summed E-state index contributed by atoms with van der Waals surface area (Å²) in [7, 11) is 0. The predicted octanol–water partition coefficient (Wildman–Crippen LogP) is 2.43. The molecule has 2 rings (SSSR count). The van der Waals surface area contributed by atoms with E-state index in [1.165, 1.54) is 0 Å². The maximum atomic E-state index is 4.33. The molecule has 0 fully saturated rings. The number of pyridine rings is 1. The molecule has 0 aliphatic heterocycles. The molecule has 2 heterocycles. The smallest absolute Gasteiger partial charge is 0.0633 e. The van der Waals surface area contributed by atoms with Crippen LogP contribution in [0, 0.1) is 0 Å². The van der Waals surface area contributed by atoms with Crippen LogP contribution >= 0.6 is 0 Å². The summed E-state index contributed by atoms with van der Waals surface area (Å²) >= 11 is 0. The summed E-state index contributed by atoms with van der Waals surface area (Å²) in [5.74, 6) is 0. The minimum Gasteiger partial charge on any atom is -0.322 e. The summed E-state index contributed by atoms with van der Waals surface area (Å²) in [6.45, 7) is 2.11. The van der Waals surface area contributed by atoms with Gasteiger partial charge in [0.25, 0.3) is 0 Å². The Morgan fingerprint density at radius 1 is 1.23 bits per heavy atom. The Morgan fingerprint density at radius 3 is 2.54 bits per heavy atom. The lowest BCUT2D eigenvalue weighted by atomic mass is 10.3. The van der Waals surface area contributed by atoms with Gasteiger partial charge in [0.15, 0.2) is 0 Å². The first kappa shape index (κ1) is 8.05. The van der Waals surface area contributed by atoms with Crippen molar-refractivity contribution in [1.82, 2.24) is 9.55 Å². The Hall–Kier alpha value is -1.57. The van der Waals surface area contributed by atoms with E-state index in [9.17, 15) is 0 Å². The van der Waals surface area contributed by atoms with Crippen LogP contribution in [-0.4, -0.2) is 9.55 Å². The molecule has 0 radical (unpaired) electrons. The second-order valence-corrected chi connectivity index (χ2v) is 2.95. The second-order valence-electron chi connectivity index (χ2n) is 2.95. The zero-order chi connectivity index (χ0) is 9.10. The highest BCUT2D eigenvalue weighted by atomic mass is 15.0. The fraction of sp³-hybridized carbons (Fsp3) is 0.182. The zero-order valence-electron chi connectivity index (χ0n) is 7.64. The van der Waals surface area contributed by atoms with Gasteiger partial charge in [0.05, 0.1) is 11.9 Å². The molecule has 0 spiro atoms. The van der Waals surface area contributed by atoms with Gasteiger partial charge in [-0.25, -0.2) is 0 Å². The first-order valence-electron chi connectivity index (χ1n) is 4.48. The Morgan fingerprint density at radius 2 is 2.00 bits per heavy atom. The Balaban J connectivity index is 2.33. The van der Waals surface area contributed by atoms with E-state index >= 15 is 0 Å². The van der Waals surface area contributed by atoms with Gasteiger partial charge in [-0.3, -0.25) is 4.98 Å². The first-order chi connectivity index (χ1) is 6.40. The van der Waals surface area contributed by atoms with Gasteiger partial charge in [-0.2, -0.15) is 0 Å². The number of hydrogen-bond acceptors (Lipinski definition) is 1. The van der Waals surface area contributed by atoms with E-state index in [2.05, 4.69) is 24.0 Å². The highest BCUT2D eigenvalue weighted by molar-refractivity contribution is 5.30. The average molecular weight is 172 g/mol. The zero-order valence-corrected chi connectivity index (χ0v) is 7.64. The van der Waals surface area contributed by atoms with Gasteiger partial charge >= 0.3 is 0 Å². The molecule has 13 heavy (non-hydrogen) atoms. The van der Waals surface area contributed by atoms with Gasteiger partial charge in [0, 0.05) is 18.1 Å². The molecule has 0 saturated heterocycles. The van der Waals surface area contributed by atoms with Gasteiger partial charge in [0.1, 0.15) is 0 Å². The Labute approximate surface area is 77.9 Å². The summed E-state index contributed by atoms with van der Waals surface area (Å²) in [6.07, 6.45) is 6.93. The number of aryl methyl sites for hydroxylation is 1. The molecule has 66 valence electrons. The van der Waals surface area contributed by atoms with Crippen LogP contribution < -0.4 is 0 Å². The topological polar surface area (TPSA) is 17.8 Å². The van der Waals surface area contributed by atoms with Crippen molar-refractivity contribution in [1.29, 1.82) is 0 Å². The third-order valence-corrected chi connectivity index (χ3v) is 2.07. The van der Waals surface area contributed by atoms with Gasteiger partial charge in [0.2, 0.25) is 0 Å². The summed E-state index contributed by atoms with van der Waals surface area (Å²) in [5.41, 5.74) is 2.25. The molecule has 2 aromatic heterocycles. The molecule has 0 aliphatic rings. The van der Waals surface area contributed by atoms with Crippen LogP contribution in [0.25, 0.3) is 5.69 Å². The van der Waals surface area contributed by atoms with E-state index in [4.69, 9.17) is 0 Å². The number of nitrogens with zero attached hydrogens (tertiary/aromatic N) is 2. The van der Waals surface area contributed by atoms with Gasteiger partial charge in [-0.05, 0) is 30.7 Å². The van der Waals surface area contributed by atoms with Crippen molar-refractivity contribution < 1.29 is 0 Å². The molecule has 0 saturated carbocycles. The van der Waals surface area contributed by atoms with Crippen molar-refractivity contribution in [3.8, 4) is 5.69 Å². The fourth-order valence-corrected chi connectivity index (χ4v) is 1.29. The van der Waals surface area contributed by atoms with Crippen molar-refractivity contribution in [2.24, 2.45) is 0 Å². The lowest BCUT2D eigenvalue weighted by Gasteiger charge is -2.02. The molecule has 0 aliphatic carbocycles. The quantitative estimate of drug-likeness (QED) is 0.680. The van der Waals surface area contributed by atoms with Crippen LogP contribution in [0.15, 0.2) is 42.9 Å². The minimum absolute atomic E-state index is 0.992. The first-order valence-corrected chi connectivity index (χ1v) is 4.48. The Bertz CT molecular complexity index is 359. The Kier molecular flexibility index (Phi) is 2.13. The largest absolute Gasteiger partial charge is 0.322 e. The lowest BCUT2D eigenvalue weighted by Crippen LogP contribution is -1.92. The number of rotatable bonds is 2. The maximum Gasteiger partial charge on any atom is 0.0633 e. The SMILES string of the molecule is CCc1ccc(-n2cccc2)cn1. The summed E-state index contributed by atoms with van der Waals surface area (Å²) in [4.78, 5) is 4.33. The van der Waals surface area contributed by atoms with Crippen molar-refractivity contribution in [2.75, 3.05) is 0 Å². The summed E-state index contributed by atoms with van der Waals surface area (Å²) < 4.78 is 2.05. The molecular formula is C11H12N2. The van der Waals surface area contributed by atoms with Crippen molar-refractivity contribution in [3.05, 3.63) is 48.5 Å². The highest BCUT2D eigenvalue weighted by Crippen LogP contribution is 2.07. The molecule has 0 unspecified atom stereocenters. The van der Waals surface area contributed by atoms with Crippen LogP contribution in [0.5, 0.6) is 0 Å². The summed E-state index contributed by atoms with van der Waals surface area (Å²) in [6, 6.07) is 8.17. The number of aromatic nitrogens is 2. The standard InChI is InChI=1S/C11H12N2/c1-2-10-5-6-11(9-12-10)13-7-3-4-8-13/h3-9H,2H2,1H3. The van der Waals surface area contributed by atoms with Gasteiger partial charge in [-0.1, -0.05) is 6.92 Å². The number of hydrogen-bond donors (Lipinski definition) is 0. The molecule has 0 bridgehead atoms. The molecule has 0 N–H and O–H groups in total. The molecule has 2 nitrogen and oxygen atoms in total. The van der Waals surface area contributed by atoms with Crippen molar-refractivity contribution >= 4 is 0 Å². The van der Waals surface area contributed by atoms with Gasteiger partial charge in [-0.15, -0.1) is 0 Å². The molecule has 0 amide bonds. The van der Waals surface area contributed by atoms with Crippen LogP contribution in [0.2, 0.25) is 0 Å². The van der Waals surface area contributed by atoms with Crippen LogP contribution in [0.4, 0.5) is 0 Å². The molecule has 0 atom stereocenters. The normalized spacial score (nSPS) is 10.2. The van der Waals surface area contributed by atoms with E-state index in [0.717, 1.165) is 17.8 Å². The van der Waals surface area contributed by atoms with Crippen molar-refractivity contribution in [2.45, 2.75) is 13.3 Å². The molecule has 2 heteroatoms.